The molecule has 0 aliphatic rings. The second-order valence-electron chi connectivity index (χ2n) is 4.08. The molecule has 20 heavy (non-hydrogen) atoms. The second kappa shape index (κ2) is 5.49. The number of rotatable bonds is 2. The Hall–Kier alpha value is -1.47. The predicted molar refractivity (Wildman–Crippen MR) is 67.4 cm³/mol. The summed E-state index contributed by atoms with van der Waals surface area (Å²) in [5.41, 5.74) is -1.16. The summed E-state index contributed by atoms with van der Waals surface area (Å²) in [4.78, 5) is 3.82. The van der Waals surface area contributed by atoms with E-state index in [0.717, 1.165) is 6.07 Å². The molecule has 0 bridgehead atoms. The zero-order valence-electron chi connectivity index (χ0n) is 9.83. The lowest BCUT2D eigenvalue weighted by Crippen LogP contribution is -2.10. The molecule has 1 N–H and O–H groups in total. The molecule has 1 aromatic heterocycles. The molecule has 0 saturated heterocycles. The molecular formula is C13H8BrF4NO. The number of halogens is 5. The Morgan fingerprint density at radius 1 is 1.10 bits per heavy atom. The van der Waals surface area contributed by atoms with E-state index in [4.69, 9.17) is 0 Å². The number of benzene rings is 1. The molecule has 0 aliphatic carbocycles. The van der Waals surface area contributed by atoms with Gasteiger partial charge in [-0.2, -0.15) is 13.2 Å². The Kier molecular flexibility index (Phi) is 4.10. The third-order valence-corrected chi connectivity index (χ3v) is 3.09. The summed E-state index contributed by atoms with van der Waals surface area (Å²) in [6.07, 6.45) is -3.33. The second-order valence-corrected chi connectivity index (χ2v) is 4.99. The lowest BCUT2D eigenvalue weighted by atomic mass is 10.0. The van der Waals surface area contributed by atoms with E-state index in [9.17, 15) is 22.7 Å². The summed E-state index contributed by atoms with van der Waals surface area (Å²) < 4.78 is 51.6. The van der Waals surface area contributed by atoms with Gasteiger partial charge in [0.2, 0.25) is 0 Å². The third kappa shape index (κ3) is 3.16. The molecule has 7 heteroatoms. The lowest BCUT2D eigenvalue weighted by Gasteiger charge is -2.14. The Balaban J connectivity index is 2.43. The highest BCUT2D eigenvalue weighted by atomic mass is 79.9. The minimum absolute atomic E-state index is 0.0568. The van der Waals surface area contributed by atoms with Gasteiger partial charge in [0.15, 0.2) is 0 Å². The monoisotopic (exact) mass is 349 g/mol. The molecule has 0 spiro atoms. The van der Waals surface area contributed by atoms with Gasteiger partial charge in [0.1, 0.15) is 11.9 Å². The summed E-state index contributed by atoms with van der Waals surface area (Å²) in [5.74, 6) is -1.37. The fraction of sp³-hybridized carbons (Fsp3) is 0.154. The maximum atomic E-state index is 13.2. The summed E-state index contributed by atoms with van der Waals surface area (Å²) in [6.45, 7) is 0. The van der Waals surface area contributed by atoms with Crippen molar-refractivity contribution >= 4 is 15.9 Å². The van der Waals surface area contributed by atoms with Gasteiger partial charge in [0.05, 0.1) is 5.56 Å². The molecule has 2 aromatic rings. The fourth-order valence-corrected chi connectivity index (χ4v) is 2.08. The van der Waals surface area contributed by atoms with Gasteiger partial charge in [-0.1, -0.05) is 6.07 Å². The summed E-state index contributed by atoms with van der Waals surface area (Å²) in [7, 11) is 0. The van der Waals surface area contributed by atoms with Crippen molar-refractivity contribution in [1.82, 2.24) is 4.98 Å². The lowest BCUT2D eigenvalue weighted by molar-refractivity contribution is -0.140. The van der Waals surface area contributed by atoms with E-state index in [1.807, 2.05) is 0 Å². The van der Waals surface area contributed by atoms with Crippen molar-refractivity contribution in [3.05, 3.63) is 63.6 Å². The van der Waals surface area contributed by atoms with Gasteiger partial charge in [-0.25, -0.2) is 4.39 Å². The van der Waals surface area contributed by atoms with Crippen molar-refractivity contribution in [2.24, 2.45) is 0 Å². The van der Waals surface area contributed by atoms with Gasteiger partial charge in [0, 0.05) is 22.4 Å². The van der Waals surface area contributed by atoms with Crippen LogP contribution in [0.15, 0.2) is 41.1 Å². The molecule has 1 unspecified atom stereocenters. The highest BCUT2D eigenvalue weighted by Crippen LogP contribution is 2.34. The number of aromatic nitrogens is 1. The molecule has 2 nitrogen and oxygen atoms in total. The largest absolute Gasteiger partial charge is 0.419 e. The van der Waals surface area contributed by atoms with E-state index in [1.165, 1.54) is 18.5 Å². The quantitative estimate of drug-likeness (QED) is 0.828. The highest BCUT2D eigenvalue weighted by Gasteiger charge is 2.34. The van der Waals surface area contributed by atoms with Crippen LogP contribution in [0.4, 0.5) is 17.6 Å². The average Bonchev–Trinajstić information content (AvgIpc) is 2.37. The van der Waals surface area contributed by atoms with Gasteiger partial charge in [-0.15, -0.1) is 0 Å². The molecular weight excluding hydrogens is 342 g/mol. The van der Waals surface area contributed by atoms with Crippen LogP contribution in [-0.4, -0.2) is 10.1 Å². The number of aliphatic hydroxyl groups excluding tert-OH is 1. The number of nitrogens with zero attached hydrogens (tertiary/aromatic N) is 1. The maximum Gasteiger partial charge on any atom is 0.419 e. The van der Waals surface area contributed by atoms with Crippen LogP contribution in [0.3, 0.4) is 0 Å². The maximum absolute atomic E-state index is 13.2. The number of hydrogen-bond donors (Lipinski definition) is 1. The van der Waals surface area contributed by atoms with Crippen LogP contribution in [-0.2, 0) is 6.18 Å². The summed E-state index contributed by atoms with van der Waals surface area (Å²) >= 11 is 3.15. The Labute approximate surface area is 120 Å². The third-order valence-electron chi connectivity index (χ3n) is 2.65. The molecule has 0 aliphatic heterocycles. The van der Waals surface area contributed by atoms with E-state index in [1.54, 1.807) is 0 Å². The molecule has 1 heterocycles. The van der Waals surface area contributed by atoms with Crippen LogP contribution < -0.4 is 0 Å². The minimum atomic E-state index is -4.81. The van der Waals surface area contributed by atoms with E-state index in [2.05, 4.69) is 20.9 Å². The van der Waals surface area contributed by atoms with Crippen LogP contribution in [0, 0.1) is 5.82 Å². The Bertz CT molecular complexity index is 630. The molecule has 1 atom stereocenters. The van der Waals surface area contributed by atoms with Crippen molar-refractivity contribution in [3.8, 4) is 0 Å². The minimum Gasteiger partial charge on any atom is -0.384 e. The molecule has 0 amide bonds. The van der Waals surface area contributed by atoms with Crippen molar-refractivity contribution in [3.63, 3.8) is 0 Å². The van der Waals surface area contributed by atoms with Gasteiger partial charge < -0.3 is 5.11 Å². The zero-order chi connectivity index (χ0) is 14.9. The number of alkyl halides is 3. The van der Waals surface area contributed by atoms with Crippen molar-refractivity contribution in [2.45, 2.75) is 12.3 Å². The van der Waals surface area contributed by atoms with Crippen molar-refractivity contribution in [1.29, 1.82) is 0 Å². The van der Waals surface area contributed by atoms with E-state index in [-0.39, 0.29) is 5.56 Å². The Morgan fingerprint density at radius 2 is 1.80 bits per heavy atom. The molecule has 106 valence electrons. The van der Waals surface area contributed by atoms with Crippen molar-refractivity contribution < 1.29 is 22.7 Å². The topological polar surface area (TPSA) is 33.1 Å². The normalized spacial score (nSPS) is 13.3. The van der Waals surface area contributed by atoms with Gasteiger partial charge in [-0.3, -0.25) is 4.98 Å². The number of pyridine rings is 1. The first-order chi connectivity index (χ1) is 9.29. The van der Waals surface area contributed by atoms with E-state index < -0.39 is 23.7 Å². The number of hydrogen-bond acceptors (Lipinski definition) is 2. The smallest absolute Gasteiger partial charge is 0.384 e. The van der Waals surface area contributed by atoms with E-state index in [0.29, 0.717) is 22.2 Å². The first-order valence-corrected chi connectivity index (χ1v) is 6.23. The van der Waals surface area contributed by atoms with Gasteiger partial charge >= 0.3 is 6.18 Å². The first kappa shape index (κ1) is 14.9. The van der Waals surface area contributed by atoms with Crippen LogP contribution in [0.5, 0.6) is 0 Å². The molecule has 0 radical (unpaired) electrons. The Morgan fingerprint density at radius 3 is 2.40 bits per heavy atom. The molecule has 2 rings (SSSR count). The molecule has 0 fully saturated rings. The summed E-state index contributed by atoms with van der Waals surface area (Å²) in [5, 5.41) is 10.0. The molecule has 1 aromatic carbocycles. The van der Waals surface area contributed by atoms with Crippen LogP contribution in [0.1, 0.15) is 22.8 Å². The fourth-order valence-electron chi connectivity index (χ4n) is 1.70. The molecule has 0 saturated carbocycles. The highest BCUT2D eigenvalue weighted by molar-refractivity contribution is 9.10. The predicted octanol–water partition coefficient (Wildman–Crippen LogP) is 4.08. The first-order valence-electron chi connectivity index (χ1n) is 5.44. The van der Waals surface area contributed by atoms with Gasteiger partial charge in [0.25, 0.3) is 0 Å². The van der Waals surface area contributed by atoms with Crippen molar-refractivity contribution in [2.75, 3.05) is 0 Å². The van der Waals surface area contributed by atoms with Crippen LogP contribution in [0.2, 0.25) is 0 Å². The SMILES string of the molecule is OC(c1cncc(Br)c1)c1ccc(F)c(C(F)(F)F)c1. The average molecular weight is 350 g/mol. The van der Waals surface area contributed by atoms with Gasteiger partial charge in [-0.05, 0) is 39.7 Å². The van der Waals surface area contributed by atoms with Crippen LogP contribution in [0.25, 0.3) is 0 Å². The van der Waals surface area contributed by atoms with E-state index >= 15 is 0 Å². The zero-order valence-corrected chi connectivity index (χ0v) is 11.4. The standard InChI is InChI=1S/C13H8BrF4NO/c14-9-3-8(5-19-6-9)12(20)7-1-2-11(15)10(4-7)13(16,17)18/h1-6,12,20H. The summed E-state index contributed by atoms with van der Waals surface area (Å²) in [6, 6.07) is 3.91. The van der Waals surface area contributed by atoms with Crippen LogP contribution >= 0.6 is 15.9 Å². The number of aliphatic hydroxyl groups is 1.